The maximum atomic E-state index is 11.7. The molecule has 21 heavy (non-hydrogen) atoms. The van der Waals surface area contributed by atoms with Crippen LogP contribution in [-0.4, -0.2) is 44.6 Å². The average Bonchev–Trinajstić information content (AvgIpc) is 2.46. The Morgan fingerprint density at radius 3 is 2.86 bits per heavy atom. The minimum atomic E-state index is -0.556. The number of carbonyl (C=O) groups excluding carboxylic acids is 1. The number of aliphatic hydroxyl groups is 1. The van der Waals surface area contributed by atoms with E-state index >= 15 is 0 Å². The summed E-state index contributed by atoms with van der Waals surface area (Å²) >= 11 is 0. The summed E-state index contributed by atoms with van der Waals surface area (Å²) in [5.41, 5.74) is 1.42. The number of urea groups is 1. The lowest BCUT2D eigenvalue weighted by Crippen LogP contribution is -2.30. The number of hydrogen-bond donors (Lipinski definition) is 3. The molecule has 118 valence electrons. The first kappa shape index (κ1) is 17.4. The Morgan fingerprint density at radius 1 is 1.33 bits per heavy atom. The third-order valence-corrected chi connectivity index (χ3v) is 2.81. The highest BCUT2D eigenvalue weighted by molar-refractivity contribution is 5.89. The van der Waals surface area contributed by atoms with Gasteiger partial charge in [0.25, 0.3) is 0 Å². The Labute approximate surface area is 125 Å². The molecule has 2 amide bonds. The molecule has 0 aliphatic heterocycles. The van der Waals surface area contributed by atoms with E-state index in [4.69, 9.17) is 9.47 Å². The van der Waals surface area contributed by atoms with E-state index in [2.05, 4.69) is 10.6 Å². The number of rotatable bonds is 9. The Morgan fingerprint density at radius 2 is 2.14 bits per heavy atom. The molecule has 0 aromatic heterocycles. The van der Waals surface area contributed by atoms with Crippen molar-refractivity contribution in [1.82, 2.24) is 5.32 Å². The quantitative estimate of drug-likeness (QED) is 0.608. The van der Waals surface area contributed by atoms with Crippen molar-refractivity contribution in [3.8, 4) is 0 Å². The smallest absolute Gasteiger partial charge is 0.319 e. The summed E-state index contributed by atoms with van der Waals surface area (Å²) in [4.78, 5) is 11.7. The van der Waals surface area contributed by atoms with Crippen LogP contribution in [0.5, 0.6) is 0 Å². The van der Waals surface area contributed by atoms with Gasteiger partial charge in [0.15, 0.2) is 0 Å². The standard InChI is InChI=1S/C15H24N2O4/c1-12(18)13-5-3-6-14(11-13)17-15(19)16-7-4-8-21-10-9-20-2/h3,5-6,11-12,18H,4,7-10H2,1-2H3,(H2,16,17,19). The van der Waals surface area contributed by atoms with Crippen LogP contribution in [0, 0.1) is 0 Å². The summed E-state index contributed by atoms with van der Waals surface area (Å²) in [7, 11) is 1.63. The maximum Gasteiger partial charge on any atom is 0.319 e. The number of nitrogens with one attached hydrogen (secondary N) is 2. The second-order valence-corrected chi connectivity index (χ2v) is 4.64. The van der Waals surface area contributed by atoms with E-state index in [0.717, 1.165) is 12.0 Å². The van der Waals surface area contributed by atoms with E-state index in [1.165, 1.54) is 0 Å². The molecule has 0 radical (unpaired) electrons. The molecule has 1 aromatic carbocycles. The number of aliphatic hydroxyl groups excluding tert-OH is 1. The van der Waals surface area contributed by atoms with Gasteiger partial charge in [0.05, 0.1) is 19.3 Å². The molecule has 6 nitrogen and oxygen atoms in total. The molecule has 0 spiro atoms. The Bertz CT molecular complexity index is 424. The lowest BCUT2D eigenvalue weighted by molar-refractivity contribution is 0.0697. The topological polar surface area (TPSA) is 79.8 Å². The van der Waals surface area contributed by atoms with E-state index in [9.17, 15) is 9.90 Å². The highest BCUT2D eigenvalue weighted by Crippen LogP contribution is 2.16. The van der Waals surface area contributed by atoms with Gasteiger partial charge >= 0.3 is 6.03 Å². The summed E-state index contributed by atoms with van der Waals surface area (Å²) in [5, 5.41) is 15.0. The van der Waals surface area contributed by atoms with Crippen LogP contribution < -0.4 is 10.6 Å². The van der Waals surface area contributed by atoms with Crippen LogP contribution in [0.4, 0.5) is 10.5 Å². The summed E-state index contributed by atoms with van der Waals surface area (Å²) in [6, 6.07) is 6.86. The molecule has 0 saturated heterocycles. The Kier molecular flexibility index (Phi) is 8.42. The van der Waals surface area contributed by atoms with Crippen molar-refractivity contribution in [3.05, 3.63) is 29.8 Å². The highest BCUT2D eigenvalue weighted by atomic mass is 16.5. The first-order valence-corrected chi connectivity index (χ1v) is 7.03. The Hall–Kier alpha value is -1.63. The van der Waals surface area contributed by atoms with Crippen LogP contribution in [0.15, 0.2) is 24.3 Å². The van der Waals surface area contributed by atoms with Crippen molar-refractivity contribution in [2.24, 2.45) is 0 Å². The normalized spacial score (nSPS) is 12.0. The number of benzene rings is 1. The number of hydrogen-bond acceptors (Lipinski definition) is 4. The minimum Gasteiger partial charge on any atom is -0.389 e. The van der Waals surface area contributed by atoms with Crippen LogP contribution >= 0.6 is 0 Å². The molecule has 0 heterocycles. The third-order valence-electron chi connectivity index (χ3n) is 2.81. The van der Waals surface area contributed by atoms with Gasteiger partial charge in [-0.1, -0.05) is 12.1 Å². The van der Waals surface area contributed by atoms with Gasteiger partial charge in [-0.25, -0.2) is 4.79 Å². The molecule has 1 aromatic rings. The Balaban J connectivity index is 2.20. The summed E-state index contributed by atoms with van der Waals surface area (Å²) in [6.45, 7) is 3.95. The molecule has 1 rings (SSSR count). The molecular formula is C15H24N2O4. The summed E-state index contributed by atoms with van der Waals surface area (Å²) in [6.07, 6.45) is 0.184. The lowest BCUT2D eigenvalue weighted by atomic mass is 10.1. The molecule has 0 fully saturated rings. The van der Waals surface area contributed by atoms with Gasteiger partial charge in [0.1, 0.15) is 0 Å². The number of ether oxygens (including phenoxy) is 2. The number of methoxy groups -OCH3 is 1. The molecular weight excluding hydrogens is 272 g/mol. The first-order chi connectivity index (χ1) is 10.1. The first-order valence-electron chi connectivity index (χ1n) is 7.03. The van der Waals surface area contributed by atoms with Gasteiger partial charge in [-0.15, -0.1) is 0 Å². The predicted molar refractivity (Wildman–Crippen MR) is 81.4 cm³/mol. The zero-order valence-electron chi connectivity index (χ0n) is 12.6. The maximum absolute atomic E-state index is 11.7. The molecule has 6 heteroatoms. The van der Waals surface area contributed by atoms with Crippen molar-refractivity contribution < 1.29 is 19.4 Å². The van der Waals surface area contributed by atoms with Crippen LogP contribution in [0.1, 0.15) is 25.0 Å². The van der Waals surface area contributed by atoms with E-state index in [1.807, 2.05) is 6.07 Å². The molecule has 0 aliphatic rings. The molecule has 0 aliphatic carbocycles. The fraction of sp³-hybridized carbons (Fsp3) is 0.533. The number of carbonyl (C=O) groups is 1. The van der Waals surface area contributed by atoms with Gasteiger partial charge in [0.2, 0.25) is 0 Å². The monoisotopic (exact) mass is 296 g/mol. The van der Waals surface area contributed by atoms with Crippen molar-refractivity contribution >= 4 is 11.7 Å². The number of amides is 2. The van der Waals surface area contributed by atoms with Crippen molar-refractivity contribution in [2.45, 2.75) is 19.4 Å². The van der Waals surface area contributed by atoms with Gasteiger partial charge in [-0.2, -0.15) is 0 Å². The van der Waals surface area contributed by atoms with E-state index in [0.29, 0.717) is 32.1 Å². The lowest BCUT2D eigenvalue weighted by Gasteiger charge is -2.10. The molecule has 1 unspecified atom stereocenters. The van der Waals surface area contributed by atoms with Gasteiger partial charge in [-0.3, -0.25) is 0 Å². The van der Waals surface area contributed by atoms with Crippen LogP contribution in [0.25, 0.3) is 0 Å². The van der Waals surface area contributed by atoms with Crippen LogP contribution in [-0.2, 0) is 9.47 Å². The zero-order chi connectivity index (χ0) is 15.5. The minimum absolute atomic E-state index is 0.269. The SMILES string of the molecule is COCCOCCCNC(=O)Nc1cccc(C(C)O)c1. The molecule has 0 bridgehead atoms. The fourth-order valence-corrected chi connectivity index (χ4v) is 1.67. The van der Waals surface area contributed by atoms with E-state index in [-0.39, 0.29) is 6.03 Å². The van der Waals surface area contributed by atoms with Crippen LogP contribution in [0.2, 0.25) is 0 Å². The number of anilines is 1. The second-order valence-electron chi connectivity index (χ2n) is 4.64. The highest BCUT2D eigenvalue weighted by Gasteiger charge is 2.04. The predicted octanol–water partition coefficient (Wildman–Crippen LogP) is 1.91. The largest absolute Gasteiger partial charge is 0.389 e. The molecule has 3 N–H and O–H groups in total. The van der Waals surface area contributed by atoms with Crippen molar-refractivity contribution in [1.29, 1.82) is 0 Å². The average molecular weight is 296 g/mol. The van der Waals surface area contributed by atoms with E-state index < -0.39 is 6.10 Å². The van der Waals surface area contributed by atoms with E-state index in [1.54, 1.807) is 32.2 Å². The second kappa shape index (κ2) is 10.1. The van der Waals surface area contributed by atoms with Gasteiger partial charge in [-0.05, 0) is 31.0 Å². The summed E-state index contributed by atoms with van der Waals surface area (Å²) in [5.74, 6) is 0. The van der Waals surface area contributed by atoms with Crippen molar-refractivity contribution in [3.63, 3.8) is 0 Å². The van der Waals surface area contributed by atoms with Gasteiger partial charge in [0, 0.05) is 25.9 Å². The van der Waals surface area contributed by atoms with Crippen LogP contribution in [0.3, 0.4) is 0 Å². The van der Waals surface area contributed by atoms with Crippen molar-refractivity contribution in [2.75, 3.05) is 38.8 Å². The molecule has 0 saturated carbocycles. The zero-order valence-corrected chi connectivity index (χ0v) is 12.6. The van der Waals surface area contributed by atoms with Gasteiger partial charge < -0.3 is 25.2 Å². The fourth-order valence-electron chi connectivity index (χ4n) is 1.67. The third kappa shape index (κ3) is 7.65. The summed E-state index contributed by atoms with van der Waals surface area (Å²) < 4.78 is 10.1. The molecule has 1 atom stereocenters.